The van der Waals surface area contributed by atoms with Crippen molar-refractivity contribution in [3.63, 3.8) is 0 Å². The van der Waals surface area contributed by atoms with Gasteiger partial charge < -0.3 is 9.15 Å². The van der Waals surface area contributed by atoms with Crippen LogP contribution in [0.5, 0.6) is 0 Å². The number of nitrogens with zero attached hydrogens (tertiary/aromatic N) is 2. The van der Waals surface area contributed by atoms with Gasteiger partial charge in [-0.1, -0.05) is 17.7 Å². The van der Waals surface area contributed by atoms with Gasteiger partial charge in [-0.2, -0.15) is 0 Å². The van der Waals surface area contributed by atoms with Gasteiger partial charge in [-0.15, -0.1) is 0 Å². The van der Waals surface area contributed by atoms with Gasteiger partial charge in [0, 0.05) is 29.3 Å². The summed E-state index contributed by atoms with van der Waals surface area (Å²) in [5, 5.41) is 11.2. The zero-order valence-corrected chi connectivity index (χ0v) is 15.2. The molecule has 2 heterocycles. The van der Waals surface area contributed by atoms with E-state index in [1.807, 2.05) is 0 Å². The van der Waals surface area contributed by atoms with E-state index in [1.54, 1.807) is 18.2 Å². The Kier molecular flexibility index (Phi) is 4.69. The zero-order valence-electron chi connectivity index (χ0n) is 14.5. The molecular formula is C20H10ClFN2O5. The predicted octanol–water partition coefficient (Wildman–Crippen LogP) is 4.99. The monoisotopic (exact) mass is 412 g/mol. The number of cyclic esters (lactones) is 1. The standard InChI is InChI=1S/C20H10ClFN2O5/c21-16-6-4-13(24(26)27)9-15(16)18-7-5-14(28-18)10-17-20(25)29-19(23-17)11-2-1-3-12(22)8-11/h1-10H. The fourth-order valence-corrected chi connectivity index (χ4v) is 2.89. The molecule has 144 valence electrons. The Bertz CT molecular complexity index is 1220. The molecule has 1 aliphatic heterocycles. The Morgan fingerprint density at radius 1 is 1.14 bits per heavy atom. The van der Waals surface area contributed by atoms with Crippen LogP contribution in [0.2, 0.25) is 5.02 Å². The molecule has 1 aromatic heterocycles. The van der Waals surface area contributed by atoms with Crippen LogP contribution in [-0.2, 0) is 9.53 Å². The van der Waals surface area contributed by atoms with E-state index >= 15 is 0 Å². The van der Waals surface area contributed by atoms with Gasteiger partial charge >= 0.3 is 5.97 Å². The zero-order chi connectivity index (χ0) is 20.5. The summed E-state index contributed by atoms with van der Waals surface area (Å²) in [7, 11) is 0. The number of carbonyl (C=O) groups excluding carboxylic acids is 1. The molecule has 4 rings (SSSR count). The number of non-ortho nitro benzene ring substituents is 1. The van der Waals surface area contributed by atoms with Crippen LogP contribution in [0.3, 0.4) is 0 Å². The Morgan fingerprint density at radius 3 is 2.72 bits per heavy atom. The summed E-state index contributed by atoms with van der Waals surface area (Å²) in [4.78, 5) is 26.6. The van der Waals surface area contributed by atoms with Crippen LogP contribution in [0.25, 0.3) is 17.4 Å². The molecule has 7 nitrogen and oxygen atoms in total. The maximum absolute atomic E-state index is 13.4. The molecule has 0 amide bonds. The highest BCUT2D eigenvalue weighted by molar-refractivity contribution is 6.33. The molecule has 0 fully saturated rings. The smallest absolute Gasteiger partial charge is 0.363 e. The summed E-state index contributed by atoms with van der Waals surface area (Å²) in [6.07, 6.45) is 1.35. The third-order valence-electron chi connectivity index (χ3n) is 4.02. The lowest BCUT2D eigenvalue weighted by molar-refractivity contribution is -0.384. The lowest BCUT2D eigenvalue weighted by Crippen LogP contribution is -2.05. The van der Waals surface area contributed by atoms with Crippen LogP contribution in [0.4, 0.5) is 10.1 Å². The first-order valence-corrected chi connectivity index (χ1v) is 8.61. The van der Waals surface area contributed by atoms with Gasteiger partial charge in [0.25, 0.3) is 5.69 Å². The number of nitro benzene ring substituents is 1. The Balaban J connectivity index is 1.65. The minimum Gasteiger partial charge on any atom is -0.457 e. The number of ether oxygens (including phenoxy) is 1. The van der Waals surface area contributed by atoms with Crippen LogP contribution in [-0.4, -0.2) is 16.8 Å². The molecule has 0 unspecified atom stereocenters. The minimum absolute atomic E-state index is 0.0192. The second-order valence-electron chi connectivity index (χ2n) is 5.97. The van der Waals surface area contributed by atoms with Gasteiger partial charge in [0.05, 0.1) is 9.95 Å². The van der Waals surface area contributed by atoms with E-state index < -0.39 is 16.7 Å². The Hall–Kier alpha value is -3.78. The molecule has 0 atom stereocenters. The van der Waals surface area contributed by atoms with Crippen molar-refractivity contribution in [3.05, 3.63) is 92.6 Å². The number of aliphatic imine (C=N–C) groups is 1. The van der Waals surface area contributed by atoms with Crippen molar-refractivity contribution >= 4 is 35.2 Å². The second-order valence-corrected chi connectivity index (χ2v) is 6.38. The van der Waals surface area contributed by atoms with Crippen molar-refractivity contribution in [1.29, 1.82) is 0 Å². The number of furan rings is 1. The van der Waals surface area contributed by atoms with Gasteiger partial charge in [0.15, 0.2) is 5.70 Å². The summed E-state index contributed by atoms with van der Waals surface area (Å²) in [5.41, 5.74) is 0.494. The van der Waals surface area contributed by atoms with Gasteiger partial charge in [-0.25, -0.2) is 14.2 Å². The fraction of sp³-hybridized carbons (Fsp3) is 0. The molecule has 0 saturated carbocycles. The molecule has 9 heteroatoms. The van der Waals surface area contributed by atoms with E-state index in [0.29, 0.717) is 11.1 Å². The molecule has 2 aromatic carbocycles. The average molecular weight is 413 g/mol. The van der Waals surface area contributed by atoms with E-state index in [4.69, 9.17) is 20.8 Å². The highest BCUT2D eigenvalue weighted by Gasteiger charge is 2.25. The largest absolute Gasteiger partial charge is 0.457 e. The van der Waals surface area contributed by atoms with Crippen LogP contribution < -0.4 is 0 Å². The molecule has 0 aliphatic carbocycles. The van der Waals surface area contributed by atoms with Crippen molar-refractivity contribution in [2.24, 2.45) is 4.99 Å². The van der Waals surface area contributed by atoms with Gasteiger partial charge in [-0.3, -0.25) is 10.1 Å². The number of benzene rings is 2. The molecule has 3 aromatic rings. The normalized spacial score (nSPS) is 14.8. The maximum Gasteiger partial charge on any atom is 0.363 e. The third-order valence-corrected chi connectivity index (χ3v) is 4.35. The molecule has 29 heavy (non-hydrogen) atoms. The summed E-state index contributed by atoms with van der Waals surface area (Å²) in [5.74, 6) is -0.668. The summed E-state index contributed by atoms with van der Waals surface area (Å²) >= 11 is 6.11. The number of nitro groups is 1. The first-order chi connectivity index (χ1) is 13.9. The highest BCUT2D eigenvalue weighted by atomic mass is 35.5. The average Bonchev–Trinajstić information content (AvgIpc) is 3.29. The molecule has 0 radical (unpaired) electrons. The van der Waals surface area contributed by atoms with Gasteiger partial charge in [0.1, 0.15) is 17.3 Å². The van der Waals surface area contributed by atoms with E-state index in [9.17, 15) is 19.3 Å². The minimum atomic E-state index is -0.712. The molecule has 1 aliphatic rings. The van der Waals surface area contributed by atoms with E-state index in [2.05, 4.69) is 4.99 Å². The molecule has 0 bridgehead atoms. The topological polar surface area (TPSA) is 94.9 Å². The van der Waals surface area contributed by atoms with Crippen molar-refractivity contribution in [3.8, 4) is 11.3 Å². The van der Waals surface area contributed by atoms with Crippen molar-refractivity contribution in [1.82, 2.24) is 0 Å². The maximum atomic E-state index is 13.4. The molecule has 0 spiro atoms. The summed E-state index contributed by atoms with van der Waals surface area (Å²) < 4.78 is 24.1. The number of hydrogen-bond acceptors (Lipinski definition) is 6. The first kappa shape index (κ1) is 18.6. The fourth-order valence-electron chi connectivity index (χ4n) is 2.68. The number of carbonyl (C=O) groups is 1. The lowest BCUT2D eigenvalue weighted by Gasteiger charge is -2.00. The van der Waals surface area contributed by atoms with Crippen LogP contribution in [0.1, 0.15) is 11.3 Å². The van der Waals surface area contributed by atoms with Gasteiger partial charge in [-0.05, 0) is 36.4 Å². The van der Waals surface area contributed by atoms with Gasteiger partial charge in [0.2, 0.25) is 5.90 Å². The van der Waals surface area contributed by atoms with Crippen molar-refractivity contribution in [2.45, 2.75) is 0 Å². The van der Waals surface area contributed by atoms with Crippen molar-refractivity contribution < 1.29 is 23.3 Å². The highest BCUT2D eigenvalue weighted by Crippen LogP contribution is 2.33. The van der Waals surface area contributed by atoms with Crippen LogP contribution in [0, 0.1) is 15.9 Å². The Morgan fingerprint density at radius 2 is 1.97 bits per heavy atom. The number of esters is 1. The number of hydrogen-bond donors (Lipinski definition) is 0. The molecular weight excluding hydrogens is 403 g/mol. The van der Waals surface area contributed by atoms with Crippen molar-refractivity contribution in [2.75, 3.05) is 0 Å². The molecule has 0 N–H and O–H groups in total. The second kappa shape index (κ2) is 7.33. The SMILES string of the molecule is O=C1OC(c2cccc(F)c2)=NC1=Cc1ccc(-c2cc([N+](=O)[O-])ccc2Cl)o1. The van der Waals surface area contributed by atoms with E-state index in [1.165, 1.54) is 42.5 Å². The van der Waals surface area contributed by atoms with Crippen LogP contribution in [0.15, 0.2) is 69.7 Å². The lowest BCUT2D eigenvalue weighted by atomic mass is 10.1. The number of rotatable bonds is 4. The first-order valence-electron chi connectivity index (χ1n) is 8.23. The Labute approximate surface area is 167 Å². The summed E-state index contributed by atoms with van der Waals surface area (Å²) in [6, 6.07) is 12.6. The third kappa shape index (κ3) is 3.78. The van der Waals surface area contributed by atoms with E-state index in [0.717, 1.165) is 0 Å². The molecule has 0 saturated heterocycles. The quantitative estimate of drug-likeness (QED) is 0.260. The number of halogens is 2. The van der Waals surface area contributed by atoms with E-state index in [-0.39, 0.29) is 33.8 Å². The predicted molar refractivity (Wildman–Crippen MR) is 103 cm³/mol. The van der Waals surface area contributed by atoms with Crippen LogP contribution >= 0.6 is 11.6 Å². The summed E-state index contributed by atoms with van der Waals surface area (Å²) in [6.45, 7) is 0.